The van der Waals surface area contributed by atoms with E-state index in [2.05, 4.69) is 15.2 Å². The van der Waals surface area contributed by atoms with E-state index in [9.17, 15) is 8.42 Å². The summed E-state index contributed by atoms with van der Waals surface area (Å²) in [4.78, 5) is 5.71. The van der Waals surface area contributed by atoms with Gasteiger partial charge in [0, 0.05) is 35.3 Å². The second kappa shape index (κ2) is 11.6. The molecule has 8 nitrogen and oxygen atoms in total. The molecule has 0 radical (unpaired) electrons. The molecule has 2 aromatic carbocycles. The normalized spacial score (nSPS) is 23.1. The molecule has 2 fully saturated rings. The van der Waals surface area contributed by atoms with Crippen LogP contribution in [0.1, 0.15) is 18.4 Å². The number of ether oxygens (including phenoxy) is 2. The Balaban J connectivity index is 1.46. The number of anilines is 2. The van der Waals surface area contributed by atoms with Crippen LogP contribution in [0.25, 0.3) is 0 Å². The van der Waals surface area contributed by atoms with Crippen LogP contribution in [0.2, 0.25) is 5.02 Å². The molecule has 0 spiro atoms. The molecule has 14 heteroatoms. The van der Waals surface area contributed by atoms with E-state index in [-0.39, 0.29) is 40.6 Å². The number of nitrogens with zero attached hydrogens (tertiary/aromatic N) is 3. The van der Waals surface area contributed by atoms with Crippen LogP contribution >= 0.6 is 46.1 Å². The summed E-state index contributed by atoms with van der Waals surface area (Å²) < 4.78 is 54.6. The quantitative estimate of drug-likeness (QED) is 0.256. The third-order valence-corrected chi connectivity index (χ3v) is 12.0. The number of nitrogens with one attached hydrogen (secondary N) is 1. The fourth-order valence-corrected chi connectivity index (χ4v) is 9.04. The van der Waals surface area contributed by atoms with E-state index in [1.807, 2.05) is 14.1 Å². The number of aromatic nitrogens is 1. The second-order valence-corrected chi connectivity index (χ2v) is 15.0. The summed E-state index contributed by atoms with van der Waals surface area (Å²) in [5.41, 5.74) is 0.836. The first kappa shape index (κ1) is 30.4. The molecule has 41 heavy (non-hydrogen) atoms. The number of thiazole rings is 1. The summed E-state index contributed by atoms with van der Waals surface area (Å²) in [5, 5.41) is 5.23. The Morgan fingerprint density at radius 2 is 1.88 bits per heavy atom. The molecule has 0 saturated heterocycles. The topological polar surface area (TPSA) is 84.0 Å². The first-order chi connectivity index (χ1) is 19.4. The molecule has 2 saturated carbocycles. The molecule has 2 aliphatic rings. The van der Waals surface area contributed by atoms with Gasteiger partial charge in [0.05, 0.1) is 31.5 Å². The first-order valence-electron chi connectivity index (χ1n) is 12.8. The highest BCUT2D eigenvalue weighted by molar-refractivity contribution is 7.93. The van der Waals surface area contributed by atoms with E-state index in [1.165, 1.54) is 20.4 Å². The van der Waals surface area contributed by atoms with Crippen LogP contribution in [0, 0.1) is 17.7 Å². The predicted molar refractivity (Wildman–Crippen MR) is 162 cm³/mol. The van der Waals surface area contributed by atoms with Gasteiger partial charge in [0.25, 0.3) is 10.0 Å². The van der Waals surface area contributed by atoms with Crippen LogP contribution in [-0.2, 0) is 16.6 Å². The molecule has 1 heterocycles. The highest BCUT2D eigenvalue weighted by Gasteiger charge is 2.66. The molecular formula is C27H30Cl3FN4O4S2. The first-order valence-corrected chi connectivity index (χ1v) is 16.3. The van der Waals surface area contributed by atoms with Gasteiger partial charge in [-0.15, -0.1) is 34.5 Å². The number of rotatable bonds is 10. The lowest BCUT2D eigenvalue weighted by Gasteiger charge is -2.36. The van der Waals surface area contributed by atoms with Gasteiger partial charge < -0.3 is 19.7 Å². The summed E-state index contributed by atoms with van der Waals surface area (Å²) in [6.45, 7) is -0.159. The molecule has 4 unspecified atom stereocenters. The number of benzene rings is 2. The Kier molecular flexibility index (Phi) is 8.59. The van der Waals surface area contributed by atoms with Gasteiger partial charge in [0.15, 0.2) is 5.13 Å². The van der Waals surface area contributed by atoms with Gasteiger partial charge in [-0.25, -0.2) is 22.1 Å². The van der Waals surface area contributed by atoms with E-state index in [4.69, 9.17) is 44.3 Å². The minimum Gasteiger partial charge on any atom is -0.497 e. The summed E-state index contributed by atoms with van der Waals surface area (Å²) in [5.74, 6) is 0.356. The van der Waals surface area contributed by atoms with Crippen molar-refractivity contribution in [3.63, 3.8) is 0 Å². The monoisotopic (exact) mass is 662 g/mol. The van der Waals surface area contributed by atoms with Crippen molar-refractivity contribution in [1.29, 1.82) is 0 Å². The summed E-state index contributed by atoms with van der Waals surface area (Å²) in [7, 11) is 2.49. The van der Waals surface area contributed by atoms with Gasteiger partial charge in [0.1, 0.15) is 26.5 Å². The Hall–Kier alpha value is -2.02. The summed E-state index contributed by atoms with van der Waals surface area (Å²) in [6.07, 6.45) is 2.95. The zero-order valence-electron chi connectivity index (χ0n) is 22.8. The van der Waals surface area contributed by atoms with Crippen LogP contribution in [0.3, 0.4) is 0 Å². The predicted octanol–water partition coefficient (Wildman–Crippen LogP) is 6.27. The number of methoxy groups -OCH3 is 2. The number of likely N-dealkylation sites (N-methyl/N-ethyl adjacent to an activating group) is 1. The van der Waals surface area contributed by atoms with Gasteiger partial charge >= 0.3 is 0 Å². The average molecular weight is 664 g/mol. The molecule has 0 bridgehead atoms. The van der Waals surface area contributed by atoms with Gasteiger partial charge in [-0.1, -0.05) is 11.6 Å². The van der Waals surface area contributed by atoms with E-state index in [0.29, 0.717) is 29.2 Å². The minimum atomic E-state index is -4.44. The number of sulfonamides is 1. The molecule has 2 aliphatic carbocycles. The van der Waals surface area contributed by atoms with Crippen molar-refractivity contribution in [2.75, 3.05) is 37.9 Å². The van der Waals surface area contributed by atoms with Crippen LogP contribution in [0.5, 0.6) is 11.5 Å². The lowest BCUT2D eigenvalue weighted by atomic mass is 9.89. The second-order valence-electron chi connectivity index (χ2n) is 10.4. The van der Waals surface area contributed by atoms with Crippen LogP contribution < -0.4 is 19.1 Å². The maximum absolute atomic E-state index is 15.7. The fourth-order valence-electron chi connectivity index (χ4n) is 5.57. The molecule has 222 valence electrons. The van der Waals surface area contributed by atoms with Gasteiger partial charge in [0.2, 0.25) is 0 Å². The lowest BCUT2D eigenvalue weighted by molar-refractivity contribution is 0.204. The van der Waals surface area contributed by atoms with Gasteiger partial charge in [-0.05, 0) is 63.0 Å². The van der Waals surface area contributed by atoms with Gasteiger partial charge in [-0.2, -0.15) is 0 Å². The summed E-state index contributed by atoms with van der Waals surface area (Å²) in [6, 6.07) is 7.27. The Bertz CT molecular complexity index is 1520. The van der Waals surface area contributed by atoms with Crippen molar-refractivity contribution in [3.8, 4) is 11.5 Å². The third-order valence-electron chi connectivity index (χ3n) is 7.87. The van der Waals surface area contributed by atoms with E-state index < -0.39 is 25.1 Å². The lowest BCUT2D eigenvalue weighted by Crippen LogP contribution is -2.46. The standard InChI is InChI=1S/C27H30Cl3FN4O4S2/c1-34(2)23-11-18-17(27(18,29)30)10-22(23)33-21-13-20(31)25(12-19(21)28)41(36,37)35(26-32-7-8-40-26)14-15-5-6-16(38-3)9-24(15)39-4/h5-9,12-13,17-18,22-23,33H,10-11,14H2,1-4H3. The highest BCUT2D eigenvalue weighted by atomic mass is 35.5. The highest BCUT2D eigenvalue weighted by Crippen LogP contribution is 2.65. The maximum atomic E-state index is 15.7. The smallest absolute Gasteiger partial charge is 0.269 e. The van der Waals surface area contributed by atoms with Crippen molar-refractivity contribution < 1.29 is 22.3 Å². The Morgan fingerprint density at radius 1 is 1.15 bits per heavy atom. The molecule has 5 rings (SSSR count). The molecule has 3 aromatic rings. The number of alkyl halides is 2. The van der Waals surface area contributed by atoms with E-state index in [0.717, 1.165) is 34.2 Å². The average Bonchev–Trinajstić information content (AvgIpc) is 3.24. The van der Waals surface area contributed by atoms with Crippen molar-refractivity contribution >= 4 is 67.0 Å². The molecular weight excluding hydrogens is 634 g/mol. The van der Waals surface area contributed by atoms with Crippen molar-refractivity contribution in [1.82, 2.24) is 9.88 Å². The molecule has 0 amide bonds. The summed E-state index contributed by atoms with van der Waals surface area (Å²) >= 11 is 20.7. The molecule has 0 aliphatic heterocycles. The molecule has 1 aromatic heterocycles. The van der Waals surface area contributed by atoms with Crippen molar-refractivity contribution in [3.05, 3.63) is 58.3 Å². The van der Waals surface area contributed by atoms with Crippen molar-refractivity contribution in [2.45, 2.75) is 40.7 Å². The maximum Gasteiger partial charge on any atom is 0.269 e. The van der Waals surface area contributed by atoms with Crippen LogP contribution in [-0.4, -0.2) is 63.0 Å². The number of hydrogen-bond acceptors (Lipinski definition) is 8. The van der Waals surface area contributed by atoms with E-state index >= 15 is 4.39 Å². The van der Waals surface area contributed by atoms with Crippen molar-refractivity contribution in [2.24, 2.45) is 11.8 Å². The minimum absolute atomic E-state index is 0.0736. The van der Waals surface area contributed by atoms with Gasteiger partial charge in [-0.3, -0.25) is 0 Å². The zero-order chi connectivity index (χ0) is 29.7. The van der Waals surface area contributed by atoms with Crippen LogP contribution in [0.4, 0.5) is 15.2 Å². The Labute approximate surface area is 258 Å². The Morgan fingerprint density at radius 3 is 2.51 bits per heavy atom. The van der Waals surface area contributed by atoms with Crippen LogP contribution in [0.15, 0.2) is 46.8 Å². The number of fused-ring (bicyclic) bond motifs is 1. The molecule has 1 N–H and O–H groups in total. The fraction of sp³-hybridized carbons (Fsp3) is 0.444. The zero-order valence-corrected chi connectivity index (χ0v) is 26.7. The number of hydrogen-bond donors (Lipinski definition) is 1. The third kappa shape index (κ3) is 5.81. The largest absolute Gasteiger partial charge is 0.497 e. The van der Waals surface area contributed by atoms with E-state index in [1.54, 1.807) is 23.6 Å². The SMILES string of the molecule is COc1ccc(CN(c2nccs2)S(=O)(=O)c2cc(Cl)c(NC3CC4C(CC3N(C)C)C4(Cl)Cl)cc2F)c(OC)c1. The number of halogens is 4. The molecule has 4 atom stereocenters.